The van der Waals surface area contributed by atoms with Crippen LogP contribution in [0.1, 0.15) is 35.7 Å². The molecule has 0 radical (unpaired) electrons. The predicted molar refractivity (Wildman–Crippen MR) is 99.2 cm³/mol. The first-order chi connectivity index (χ1) is 12.5. The Morgan fingerprint density at radius 3 is 2.65 bits per heavy atom. The molecule has 0 saturated carbocycles. The number of carbonyl (C=O) groups excluding carboxylic acids is 1. The van der Waals surface area contributed by atoms with Crippen molar-refractivity contribution in [2.24, 2.45) is 5.92 Å². The molecule has 1 aromatic carbocycles. The van der Waals surface area contributed by atoms with Gasteiger partial charge in [-0.1, -0.05) is 25.1 Å². The van der Waals surface area contributed by atoms with Crippen molar-refractivity contribution in [3.05, 3.63) is 47.3 Å². The van der Waals surface area contributed by atoms with Crippen LogP contribution in [0, 0.1) is 12.8 Å². The van der Waals surface area contributed by atoms with Gasteiger partial charge in [0.05, 0.1) is 18.8 Å². The minimum absolute atomic E-state index is 0.0650. The van der Waals surface area contributed by atoms with Gasteiger partial charge in [-0.2, -0.15) is 0 Å². The van der Waals surface area contributed by atoms with Crippen molar-refractivity contribution in [1.82, 2.24) is 15.0 Å². The number of amides is 1. The van der Waals surface area contributed by atoms with Crippen molar-refractivity contribution in [2.75, 3.05) is 32.8 Å². The zero-order valence-corrected chi connectivity index (χ0v) is 15.8. The van der Waals surface area contributed by atoms with E-state index in [1.54, 1.807) is 0 Å². The molecule has 1 amide bonds. The Balaban J connectivity index is 1.54. The molecular weight excluding hydrogens is 330 g/mol. The number of rotatable bonds is 6. The van der Waals surface area contributed by atoms with Crippen molar-refractivity contribution >= 4 is 5.91 Å². The van der Waals surface area contributed by atoms with Crippen LogP contribution in [0.4, 0.5) is 0 Å². The van der Waals surface area contributed by atoms with Crippen LogP contribution < -0.4 is 4.74 Å². The van der Waals surface area contributed by atoms with E-state index in [0.717, 1.165) is 36.8 Å². The number of hydrogen-bond acceptors (Lipinski definition) is 5. The molecule has 1 fully saturated rings. The van der Waals surface area contributed by atoms with Crippen molar-refractivity contribution < 1.29 is 14.1 Å². The average Bonchev–Trinajstić information content (AvgIpc) is 3.05. The monoisotopic (exact) mass is 357 g/mol. The molecule has 26 heavy (non-hydrogen) atoms. The number of aryl methyl sites for hydroxylation is 1. The number of ether oxygens (including phenoxy) is 1. The quantitative estimate of drug-likeness (QED) is 0.795. The normalized spacial score (nSPS) is 15.5. The van der Waals surface area contributed by atoms with E-state index in [4.69, 9.17) is 9.26 Å². The lowest BCUT2D eigenvalue weighted by Gasteiger charge is -2.34. The van der Waals surface area contributed by atoms with Gasteiger partial charge in [0, 0.05) is 37.8 Å². The van der Waals surface area contributed by atoms with Crippen LogP contribution in [0.3, 0.4) is 0 Å². The molecule has 0 spiro atoms. The molecule has 1 saturated heterocycles. The molecule has 3 rings (SSSR count). The first-order valence-electron chi connectivity index (χ1n) is 9.18. The molecule has 1 aliphatic heterocycles. The second-order valence-electron chi connectivity index (χ2n) is 7.24. The summed E-state index contributed by atoms with van der Waals surface area (Å²) >= 11 is 0. The number of carbonyl (C=O) groups is 1. The van der Waals surface area contributed by atoms with E-state index in [0.29, 0.717) is 31.2 Å². The van der Waals surface area contributed by atoms with Gasteiger partial charge in [0.2, 0.25) is 0 Å². The summed E-state index contributed by atoms with van der Waals surface area (Å²) in [4.78, 5) is 17.0. The number of aromatic nitrogens is 1. The third-order valence-corrected chi connectivity index (χ3v) is 4.38. The second kappa shape index (κ2) is 8.36. The van der Waals surface area contributed by atoms with Crippen molar-refractivity contribution in [1.29, 1.82) is 0 Å². The fraction of sp³-hybridized carbons (Fsp3) is 0.500. The molecule has 0 aliphatic carbocycles. The van der Waals surface area contributed by atoms with Gasteiger partial charge >= 0.3 is 0 Å². The average molecular weight is 357 g/mol. The Labute approximate surface area is 154 Å². The van der Waals surface area contributed by atoms with Crippen LogP contribution in [0.5, 0.6) is 5.75 Å². The minimum atomic E-state index is 0.0650. The topological polar surface area (TPSA) is 58.8 Å². The van der Waals surface area contributed by atoms with Crippen molar-refractivity contribution in [2.45, 2.75) is 27.3 Å². The molecule has 140 valence electrons. The van der Waals surface area contributed by atoms with E-state index in [1.165, 1.54) is 0 Å². The fourth-order valence-corrected chi connectivity index (χ4v) is 2.98. The number of benzene rings is 1. The summed E-state index contributed by atoms with van der Waals surface area (Å²) in [5, 5.41) is 3.92. The highest BCUT2D eigenvalue weighted by atomic mass is 16.5. The lowest BCUT2D eigenvalue weighted by Crippen LogP contribution is -2.48. The van der Waals surface area contributed by atoms with Gasteiger partial charge in [-0.05, 0) is 31.0 Å². The molecule has 0 unspecified atom stereocenters. The maximum Gasteiger partial charge on any atom is 0.254 e. The summed E-state index contributed by atoms with van der Waals surface area (Å²) in [5.41, 5.74) is 1.58. The van der Waals surface area contributed by atoms with Gasteiger partial charge in [-0.15, -0.1) is 0 Å². The molecule has 0 bridgehead atoms. The molecule has 2 heterocycles. The SMILES string of the molecule is Cc1cc(CN2CCN(C(=O)c3cccc(OCC(C)C)c3)CC2)on1. The Morgan fingerprint density at radius 1 is 1.23 bits per heavy atom. The maximum absolute atomic E-state index is 12.8. The van der Waals surface area contributed by atoms with E-state index in [2.05, 4.69) is 23.9 Å². The molecule has 0 N–H and O–H groups in total. The number of hydrogen-bond donors (Lipinski definition) is 0. The van der Waals surface area contributed by atoms with Crippen LogP contribution in [-0.2, 0) is 6.54 Å². The summed E-state index contributed by atoms with van der Waals surface area (Å²) in [6.45, 7) is 10.6. The van der Waals surface area contributed by atoms with Crippen molar-refractivity contribution in [3.63, 3.8) is 0 Å². The lowest BCUT2D eigenvalue weighted by molar-refractivity contribution is 0.0617. The van der Waals surface area contributed by atoms with Crippen LogP contribution in [0.15, 0.2) is 34.9 Å². The molecular formula is C20H27N3O3. The smallest absolute Gasteiger partial charge is 0.254 e. The Bertz CT molecular complexity index is 733. The predicted octanol–water partition coefficient (Wildman–Crippen LogP) is 2.98. The molecule has 0 atom stereocenters. The van der Waals surface area contributed by atoms with Gasteiger partial charge in [0.1, 0.15) is 5.75 Å². The van der Waals surface area contributed by atoms with Gasteiger partial charge in [0.15, 0.2) is 5.76 Å². The third kappa shape index (κ3) is 4.85. The molecule has 6 heteroatoms. The van der Waals surface area contributed by atoms with Crippen LogP contribution >= 0.6 is 0 Å². The summed E-state index contributed by atoms with van der Waals surface area (Å²) in [5.74, 6) is 2.15. The van der Waals surface area contributed by atoms with Gasteiger partial charge in [-0.3, -0.25) is 9.69 Å². The van der Waals surface area contributed by atoms with Gasteiger partial charge < -0.3 is 14.2 Å². The fourth-order valence-electron chi connectivity index (χ4n) is 2.98. The summed E-state index contributed by atoms with van der Waals surface area (Å²) in [7, 11) is 0. The van der Waals surface area contributed by atoms with Gasteiger partial charge in [0.25, 0.3) is 5.91 Å². The van der Waals surface area contributed by atoms with E-state index >= 15 is 0 Å². The number of nitrogens with zero attached hydrogens (tertiary/aromatic N) is 3. The first-order valence-corrected chi connectivity index (χ1v) is 9.18. The standard InChI is InChI=1S/C20H27N3O3/c1-15(2)14-25-18-6-4-5-17(12-18)20(24)23-9-7-22(8-10-23)13-19-11-16(3)21-26-19/h4-6,11-12,15H,7-10,13-14H2,1-3H3. The highest BCUT2D eigenvalue weighted by Crippen LogP contribution is 2.17. The van der Waals surface area contributed by atoms with Crippen LogP contribution in [-0.4, -0.2) is 53.6 Å². The Kier molecular flexibility index (Phi) is 5.93. The largest absolute Gasteiger partial charge is 0.493 e. The summed E-state index contributed by atoms with van der Waals surface area (Å²) in [6, 6.07) is 9.44. The van der Waals surface area contributed by atoms with E-state index in [-0.39, 0.29) is 5.91 Å². The Morgan fingerprint density at radius 2 is 2.00 bits per heavy atom. The zero-order chi connectivity index (χ0) is 18.5. The summed E-state index contributed by atoms with van der Waals surface area (Å²) < 4.78 is 11.0. The van der Waals surface area contributed by atoms with Crippen LogP contribution in [0.2, 0.25) is 0 Å². The molecule has 6 nitrogen and oxygen atoms in total. The van der Waals surface area contributed by atoms with E-state index < -0.39 is 0 Å². The maximum atomic E-state index is 12.8. The lowest BCUT2D eigenvalue weighted by atomic mass is 10.1. The first kappa shape index (κ1) is 18.5. The van der Waals surface area contributed by atoms with E-state index in [1.807, 2.05) is 42.2 Å². The zero-order valence-electron chi connectivity index (χ0n) is 15.8. The summed E-state index contributed by atoms with van der Waals surface area (Å²) in [6.07, 6.45) is 0. The minimum Gasteiger partial charge on any atom is -0.493 e. The van der Waals surface area contributed by atoms with Crippen LogP contribution in [0.25, 0.3) is 0 Å². The second-order valence-corrected chi connectivity index (χ2v) is 7.24. The third-order valence-electron chi connectivity index (χ3n) is 4.38. The Hall–Kier alpha value is -2.34. The highest BCUT2D eigenvalue weighted by Gasteiger charge is 2.23. The molecule has 2 aromatic rings. The highest BCUT2D eigenvalue weighted by molar-refractivity contribution is 5.94. The molecule has 1 aliphatic rings. The van der Waals surface area contributed by atoms with Crippen molar-refractivity contribution in [3.8, 4) is 5.75 Å². The number of piperazine rings is 1. The van der Waals surface area contributed by atoms with Gasteiger partial charge in [-0.25, -0.2) is 0 Å². The van der Waals surface area contributed by atoms with E-state index in [9.17, 15) is 4.79 Å². The molecule has 1 aromatic heterocycles.